The van der Waals surface area contributed by atoms with Crippen LogP contribution in [0.4, 0.5) is 4.79 Å². The minimum atomic E-state index is -0.858. The maximum Gasteiger partial charge on any atom is 0.410 e. The van der Waals surface area contributed by atoms with Crippen molar-refractivity contribution in [1.29, 1.82) is 0 Å². The van der Waals surface area contributed by atoms with E-state index in [4.69, 9.17) is 16.3 Å². The zero-order valence-corrected chi connectivity index (χ0v) is 16.7. The van der Waals surface area contributed by atoms with E-state index in [0.29, 0.717) is 10.6 Å². The molecule has 130 valence electrons. The lowest BCUT2D eigenvalue weighted by Gasteiger charge is -2.32. The molecule has 1 unspecified atom stereocenters. The number of halogens is 2. The monoisotopic (exact) mass is 463 g/mol. The minimum Gasteiger partial charge on any atom is -0.444 e. The Bertz CT molecular complexity index is 684. The van der Waals surface area contributed by atoms with Crippen molar-refractivity contribution in [3.63, 3.8) is 0 Å². The maximum atomic E-state index is 12.7. The van der Waals surface area contributed by atoms with Gasteiger partial charge < -0.3 is 9.64 Å². The van der Waals surface area contributed by atoms with Gasteiger partial charge in [-0.15, -0.1) is 0 Å². The first kappa shape index (κ1) is 19.2. The first-order valence-electron chi connectivity index (χ1n) is 7.58. The number of likely N-dealkylation sites (tertiary alicyclic amines) is 1. The number of nitrogens with zero attached hydrogens (tertiary/aromatic N) is 1. The van der Waals surface area contributed by atoms with E-state index < -0.39 is 17.6 Å². The number of rotatable bonds is 2. The molecular weight excluding hydrogens is 445 g/mol. The second-order valence-electron chi connectivity index (χ2n) is 6.69. The summed E-state index contributed by atoms with van der Waals surface area (Å²) >= 11 is 8.01. The molecule has 1 heterocycles. The molecule has 0 saturated carbocycles. The second kappa shape index (κ2) is 7.39. The Kier molecular flexibility index (Phi) is 5.91. The molecule has 1 amide bonds. The van der Waals surface area contributed by atoms with Gasteiger partial charge in [-0.25, -0.2) is 4.79 Å². The van der Waals surface area contributed by atoms with Crippen molar-refractivity contribution >= 4 is 51.9 Å². The number of piperidine rings is 1. The molecule has 1 aromatic rings. The number of Topliss-reactive ketones (excluding diaryl/α,β-unsaturated/α-hetero) is 2. The topological polar surface area (TPSA) is 63.7 Å². The van der Waals surface area contributed by atoms with E-state index in [-0.39, 0.29) is 31.1 Å². The Hall–Kier alpha value is -1.15. The van der Waals surface area contributed by atoms with Crippen LogP contribution in [0.15, 0.2) is 18.2 Å². The number of benzene rings is 1. The first-order chi connectivity index (χ1) is 11.1. The normalized spacial score (nSPS) is 18.5. The third kappa shape index (κ3) is 4.69. The molecule has 0 bridgehead atoms. The lowest BCUT2D eigenvalue weighted by atomic mass is 9.89. The highest BCUT2D eigenvalue weighted by molar-refractivity contribution is 14.1. The fourth-order valence-corrected chi connectivity index (χ4v) is 3.04. The Morgan fingerprint density at radius 1 is 1.33 bits per heavy atom. The number of amides is 1. The van der Waals surface area contributed by atoms with E-state index in [1.165, 1.54) is 4.90 Å². The van der Waals surface area contributed by atoms with Crippen LogP contribution in [-0.2, 0) is 9.53 Å². The number of carbonyl (C=O) groups excluding carboxylic acids is 3. The molecule has 0 radical (unpaired) electrons. The van der Waals surface area contributed by atoms with E-state index in [2.05, 4.69) is 0 Å². The van der Waals surface area contributed by atoms with Crippen molar-refractivity contribution in [3.8, 4) is 0 Å². The molecule has 0 spiro atoms. The fraction of sp³-hybridized carbons (Fsp3) is 0.471. The van der Waals surface area contributed by atoms with Crippen molar-refractivity contribution in [2.75, 3.05) is 13.1 Å². The summed E-state index contributed by atoms with van der Waals surface area (Å²) in [5.74, 6) is -1.30. The molecular formula is C17H19ClINO4. The molecule has 0 aliphatic carbocycles. The van der Waals surface area contributed by atoms with E-state index in [9.17, 15) is 14.4 Å². The molecule has 2 rings (SSSR count). The molecule has 1 saturated heterocycles. The smallest absolute Gasteiger partial charge is 0.410 e. The summed E-state index contributed by atoms with van der Waals surface area (Å²) in [6.45, 7) is 5.65. The minimum absolute atomic E-state index is 0.0474. The highest BCUT2D eigenvalue weighted by atomic mass is 127. The third-order valence-corrected chi connectivity index (χ3v) is 5.13. The van der Waals surface area contributed by atoms with Gasteiger partial charge in [-0.1, -0.05) is 11.6 Å². The van der Waals surface area contributed by atoms with Crippen LogP contribution >= 0.6 is 34.2 Å². The average molecular weight is 464 g/mol. The van der Waals surface area contributed by atoms with Crippen LogP contribution in [0.1, 0.15) is 37.6 Å². The Morgan fingerprint density at radius 3 is 2.58 bits per heavy atom. The lowest BCUT2D eigenvalue weighted by molar-refractivity contribution is -0.124. The van der Waals surface area contributed by atoms with Crippen LogP contribution in [0.5, 0.6) is 0 Å². The molecule has 1 aromatic carbocycles. The molecule has 1 aliphatic rings. The molecule has 24 heavy (non-hydrogen) atoms. The van der Waals surface area contributed by atoms with Crippen LogP contribution in [0, 0.1) is 9.49 Å². The summed E-state index contributed by atoms with van der Waals surface area (Å²) in [7, 11) is 0. The van der Waals surface area contributed by atoms with Crippen molar-refractivity contribution in [2.24, 2.45) is 5.92 Å². The van der Waals surface area contributed by atoms with Gasteiger partial charge in [-0.2, -0.15) is 0 Å². The summed E-state index contributed by atoms with van der Waals surface area (Å²) in [5.41, 5.74) is -0.196. The third-order valence-electron chi connectivity index (χ3n) is 3.59. The van der Waals surface area contributed by atoms with Crippen molar-refractivity contribution in [3.05, 3.63) is 32.4 Å². The van der Waals surface area contributed by atoms with Crippen molar-refractivity contribution in [1.82, 2.24) is 4.90 Å². The first-order valence-corrected chi connectivity index (χ1v) is 9.04. The molecule has 1 aliphatic heterocycles. The van der Waals surface area contributed by atoms with E-state index in [0.717, 1.165) is 3.57 Å². The van der Waals surface area contributed by atoms with Gasteiger partial charge in [0.25, 0.3) is 0 Å². The second-order valence-corrected chi connectivity index (χ2v) is 8.26. The zero-order valence-electron chi connectivity index (χ0n) is 13.8. The predicted octanol–water partition coefficient (Wildman–Crippen LogP) is 3.95. The largest absolute Gasteiger partial charge is 0.444 e. The van der Waals surface area contributed by atoms with Gasteiger partial charge in [0.1, 0.15) is 11.4 Å². The van der Waals surface area contributed by atoms with Crippen LogP contribution < -0.4 is 0 Å². The SMILES string of the molecule is CC(C)(C)OC(=O)N1CCC(=O)C(C(=O)c2ccc(Cl)c(I)c2)C1. The quantitative estimate of drug-likeness (QED) is 0.378. The zero-order chi connectivity index (χ0) is 18.1. The van der Waals surface area contributed by atoms with Gasteiger partial charge in [-0.05, 0) is 61.6 Å². The predicted molar refractivity (Wildman–Crippen MR) is 99.4 cm³/mol. The molecule has 7 heteroatoms. The number of ether oxygens (including phenoxy) is 1. The summed E-state index contributed by atoms with van der Waals surface area (Å²) in [6, 6.07) is 4.90. The van der Waals surface area contributed by atoms with E-state index in [1.807, 2.05) is 22.6 Å². The van der Waals surface area contributed by atoms with Crippen LogP contribution in [-0.4, -0.2) is 41.3 Å². The summed E-state index contributed by atoms with van der Waals surface area (Å²) in [5, 5.41) is 0.553. The van der Waals surface area contributed by atoms with Gasteiger partial charge >= 0.3 is 6.09 Å². The summed E-state index contributed by atoms with van der Waals surface area (Å²) < 4.78 is 6.07. The number of hydrogen-bond donors (Lipinski definition) is 0. The summed E-state index contributed by atoms with van der Waals surface area (Å²) in [4.78, 5) is 38.5. The van der Waals surface area contributed by atoms with Crippen LogP contribution in [0.25, 0.3) is 0 Å². The summed E-state index contributed by atoms with van der Waals surface area (Å²) in [6.07, 6.45) is -0.348. The Balaban J connectivity index is 2.16. The van der Waals surface area contributed by atoms with Gasteiger partial charge in [-0.3, -0.25) is 9.59 Å². The fourth-order valence-electron chi connectivity index (χ4n) is 2.40. The van der Waals surface area contributed by atoms with E-state index in [1.54, 1.807) is 39.0 Å². The molecule has 0 N–H and O–H groups in total. The average Bonchev–Trinajstić information content (AvgIpc) is 2.48. The standard InChI is InChI=1S/C17H19ClINO4/c1-17(2,3)24-16(23)20-7-6-14(21)11(9-20)15(22)10-4-5-12(18)13(19)8-10/h4-5,8,11H,6-7,9H2,1-3H3. The lowest BCUT2D eigenvalue weighted by Crippen LogP contribution is -2.48. The van der Waals surface area contributed by atoms with Crippen molar-refractivity contribution in [2.45, 2.75) is 32.8 Å². The van der Waals surface area contributed by atoms with Crippen molar-refractivity contribution < 1.29 is 19.1 Å². The Labute approximate surface area is 159 Å². The van der Waals surface area contributed by atoms with Crippen LogP contribution in [0.3, 0.4) is 0 Å². The highest BCUT2D eigenvalue weighted by Crippen LogP contribution is 2.24. The Morgan fingerprint density at radius 2 is 2.00 bits per heavy atom. The van der Waals surface area contributed by atoms with Gasteiger partial charge in [0.15, 0.2) is 5.78 Å². The molecule has 0 aromatic heterocycles. The molecule has 5 nitrogen and oxygen atoms in total. The van der Waals surface area contributed by atoms with Crippen LogP contribution in [0.2, 0.25) is 5.02 Å². The number of ketones is 2. The molecule has 1 fully saturated rings. The highest BCUT2D eigenvalue weighted by Gasteiger charge is 2.36. The maximum absolute atomic E-state index is 12.7. The number of carbonyl (C=O) groups is 3. The van der Waals surface area contributed by atoms with Gasteiger partial charge in [0, 0.05) is 28.6 Å². The molecule has 1 atom stereocenters. The van der Waals surface area contributed by atoms with E-state index >= 15 is 0 Å². The van der Waals surface area contributed by atoms with Gasteiger partial charge in [0.05, 0.1) is 10.9 Å². The number of hydrogen-bond acceptors (Lipinski definition) is 4. The van der Waals surface area contributed by atoms with Gasteiger partial charge in [0.2, 0.25) is 0 Å².